The Bertz CT molecular complexity index is 403. The van der Waals surface area contributed by atoms with Crippen molar-refractivity contribution in [3.8, 4) is 0 Å². The van der Waals surface area contributed by atoms with Gasteiger partial charge in [0, 0.05) is 12.1 Å². The Balaban J connectivity index is 2.83. The minimum atomic E-state index is -1.06. The number of carbonyl (C=O) groups is 2. The largest absolute Gasteiger partial charge is 0.480 e. The molecule has 0 aliphatic heterocycles. The number of hydrogen-bond donors (Lipinski definition) is 1. The lowest BCUT2D eigenvalue weighted by Gasteiger charge is -2.19. The van der Waals surface area contributed by atoms with Gasteiger partial charge in [0.2, 0.25) is 0 Å². The molecule has 0 spiro atoms. The van der Waals surface area contributed by atoms with Crippen LogP contribution in [0.5, 0.6) is 0 Å². The summed E-state index contributed by atoms with van der Waals surface area (Å²) >= 11 is 0. The third kappa shape index (κ3) is 3.86. The summed E-state index contributed by atoms with van der Waals surface area (Å²) in [5.74, 6) is -1.88. The molecule has 1 rings (SSSR count). The molecule has 4 nitrogen and oxygen atoms in total. The average Bonchev–Trinajstić information content (AvgIpc) is 2.28. The van der Waals surface area contributed by atoms with Gasteiger partial charge in [0.1, 0.15) is 12.4 Å². The lowest BCUT2D eigenvalue weighted by Crippen LogP contribution is -2.36. The molecule has 0 radical (unpaired) electrons. The van der Waals surface area contributed by atoms with Crippen LogP contribution in [0.2, 0.25) is 0 Å². The minimum absolute atomic E-state index is 0.293. The molecule has 0 unspecified atom stereocenters. The van der Waals surface area contributed by atoms with Crippen LogP contribution in [-0.4, -0.2) is 35.0 Å². The van der Waals surface area contributed by atoms with Crippen LogP contribution < -0.4 is 0 Å². The zero-order chi connectivity index (χ0) is 12.8. The Kier molecular flexibility index (Phi) is 4.63. The fraction of sp³-hybridized carbons (Fsp3) is 0.333. The molecule has 92 valence electrons. The second-order valence-electron chi connectivity index (χ2n) is 3.63. The highest BCUT2D eigenvalue weighted by Crippen LogP contribution is 2.07. The van der Waals surface area contributed by atoms with E-state index in [4.69, 9.17) is 5.11 Å². The fourth-order valence-corrected chi connectivity index (χ4v) is 1.46. The molecule has 0 saturated carbocycles. The Hall–Kier alpha value is -1.91. The number of benzene rings is 1. The molecule has 5 heteroatoms. The SMILES string of the molecule is CCCN(CC(=O)O)C(=O)c1ccc(F)cc1. The van der Waals surface area contributed by atoms with Gasteiger partial charge in [-0.15, -0.1) is 0 Å². The van der Waals surface area contributed by atoms with Crippen molar-refractivity contribution in [2.75, 3.05) is 13.1 Å². The van der Waals surface area contributed by atoms with Crippen LogP contribution >= 0.6 is 0 Å². The molecular weight excluding hydrogens is 225 g/mol. The predicted molar refractivity (Wildman–Crippen MR) is 60.2 cm³/mol. The second kappa shape index (κ2) is 5.98. The average molecular weight is 239 g/mol. The molecule has 0 heterocycles. The van der Waals surface area contributed by atoms with Gasteiger partial charge in [0.15, 0.2) is 0 Å². The van der Waals surface area contributed by atoms with Crippen LogP contribution in [0.25, 0.3) is 0 Å². The standard InChI is InChI=1S/C12H14FNO3/c1-2-7-14(8-11(15)16)12(17)9-3-5-10(13)6-4-9/h3-6H,2,7-8H2,1H3,(H,15,16). The van der Waals surface area contributed by atoms with Crippen molar-refractivity contribution in [3.63, 3.8) is 0 Å². The minimum Gasteiger partial charge on any atom is -0.480 e. The number of halogens is 1. The molecule has 1 N–H and O–H groups in total. The Morgan fingerprint density at radius 1 is 1.29 bits per heavy atom. The summed E-state index contributed by atoms with van der Waals surface area (Å²) in [4.78, 5) is 23.8. The maximum Gasteiger partial charge on any atom is 0.323 e. The van der Waals surface area contributed by atoms with Gasteiger partial charge in [-0.25, -0.2) is 4.39 Å². The van der Waals surface area contributed by atoms with E-state index in [1.54, 1.807) is 0 Å². The van der Waals surface area contributed by atoms with Gasteiger partial charge < -0.3 is 10.0 Å². The maximum atomic E-state index is 12.7. The van der Waals surface area contributed by atoms with Gasteiger partial charge in [-0.2, -0.15) is 0 Å². The third-order valence-electron chi connectivity index (χ3n) is 2.20. The Morgan fingerprint density at radius 3 is 2.35 bits per heavy atom. The first kappa shape index (κ1) is 13.2. The first-order chi connectivity index (χ1) is 8.04. The molecular formula is C12H14FNO3. The number of amides is 1. The zero-order valence-electron chi connectivity index (χ0n) is 9.52. The number of aliphatic carboxylic acids is 1. The van der Waals surface area contributed by atoms with Crippen molar-refractivity contribution in [1.82, 2.24) is 4.90 Å². The van der Waals surface area contributed by atoms with Crippen LogP contribution in [0.4, 0.5) is 4.39 Å². The quantitative estimate of drug-likeness (QED) is 0.851. The first-order valence-electron chi connectivity index (χ1n) is 5.31. The maximum absolute atomic E-state index is 12.7. The lowest BCUT2D eigenvalue weighted by atomic mass is 10.2. The van der Waals surface area contributed by atoms with E-state index in [1.165, 1.54) is 29.2 Å². The molecule has 0 bridgehead atoms. The first-order valence-corrected chi connectivity index (χ1v) is 5.31. The molecule has 17 heavy (non-hydrogen) atoms. The van der Waals surface area contributed by atoms with Crippen LogP contribution in [0.15, 0.2) is 24.3 Å². The number of carbonyl (C=O) groups excluding carboxylic acids is 1. The van der Waals surface area contributed by atoms with Crippen LogP contribution in [0.3, 0.4) is 0 Å². The summed E-state index contributed by atoms with van der Waals surface area (Å²) in [5.41, 5.74) is 0.293. The van der Waals surface area contributed by atoms with E-state index in [-0.39, 0.29) is 6.54 Å². The van der Waals surface area contributed by atoms with E-state index >= 15 is 0 Å². The molecule has 0 saturated heterocycles. The number of rotatable bonds is 5. The summed E-state index contributed by atoms with van der Waals surface area (Å²) in [6, 6.07) is 5.06. The summed E-state index contributed by atoms with van der Waals surface area (Å²) in [6.07, 6.45) is 0.667. The van der Waals surface area contributed by atoms with Crippen LogP contribution in [0.1, 0.15) is 23.7 Å². The predicted octanol–water partition coefficient (Wildman–Crippen LogP) is 1.76. The highest BCUT2D eigenvalue weighted by molar-refractivity contribution is 5.95. The van der Waals surface area contributed by atoms with Gasteiger partial charge in [-0.3, -0.25) is 9.59 Å². The molecule has 1 amide bonds. The number of nitrogens with zero attached hydrogens (tertiary/aromatic N) is 1. The van der Waals surface area contributed by atoms with Crippen molar-refractivity contribution in [2.24, 2.45) is 0 Å². The van der Waals surface area contributed by atoms with Crippen molar-refractivity contribution in [1.29, 1.82) is 0 Å². The number of hydrogen-bond acceptors (Lipinski definition) is 2. The Morgan fingerprint density at radius 2 is 1.88 bits per heavy atom. The molecule has 0 aromatic heterocycles. The summed E-state index contributed by atoms with van der Waals surface area (Å²) in [6.45, 7) is 1.87. The third-order valence-corrected chi connectivity index (χ3v) is 2.20. The monoisotopic (exact) mass is 239 g/mol. The van der Waals surface area contributed by atoms with Gasteiger partial charge in [0.05, 0.1) is 0 Å². The topological polar surface area (TPSA) is 57.6 Å². The molecule has 0 fully saturated rings. The molecule has 1 aromatic carbocycles. The molecule has 0 aliphatic rings. The smallest absolute Gasteiger partial charge is 0.323 e. The van der Waals surface area contributed by atoms with Crippen molar-refractivity contribution in [3.05, 3.63) is 35.6 Å². The van der Waals surface area contributed by atoms with Crippen LogP contribution in [-0.2, 0) is 4.79 Å². The highest BCUT2D eigenvalue weighted by Gasteiger charge is 2.17. The van der Waals surface area contributed by atoms with E-state index in [0.717, 1.165) is 0 Å². The van der Waals surface area contributed by atoms with Crippen molar-refractivity contribution >= 4 is 11.9 Å². The van der Waals surface area contributed by atoms with E-state index < -0.39 is 17.7 Å². The molecule has 1 aromatic rings. The Labute approximate surface area is 98.7 Å². The van der Waals surface area contributed by atoms with Crippen LogP contribution in [0, 0.1) is 5.82 Å². The summed E-state index contributed by atoms with van der Waals surface area (Å²) in [7, 11) is 0. The number of carboxylic acid groups (broad SMARTS) is 1. The normalized spacial score (nSPS) is 10.0. The summed E-state index contributed by atoms with van der Waals surface area (Å²) < 4.78 is 12.7. The second-order valence-corrected chi connectivity index (χ2v) is 3.63. The summed E-state index contributed by atoms with van der Waals surface area (Å²) in [5, 5.41) is 8.70. The van der Waals surface area contributed by atoms with Gasteiger partial charge >= 0.3 is 5.97 Å². The van der Waals surface area contributed by atoms with Crippen molar-refractivity contribution in [2.45, 2.75) is 13.3 Å². The highest BCUT2D eigenvalue weighted by atomic mass is 19.1. The zero-order valence-corrected chi connectivity index (χ0v) is 9.52. The molecule has 0 atom stereocenters. The van der Waals surface area contributed by atoms with Gasteiger partial charge in [0.25, 0.3) is 5.91 Å². The van der Waals surface area contributed by atoms with E-state index in [2.05, 4.69) is 0 Å². The lowest BCUT2D eigenvalue weighted by molar-refractivity contribution is -0.137. The van der Waals surface area contributed by atoms with E-state index in [0.29, 0.717) is 18.5 Å². The fourth-order valence-electron chi connectivity index (χ4n) is 1.46. The van der Waals surface area contributed by atoms with Gasteiger partial charge in [-0.1, -0.05) is 6.92 Å². The van der Waals surface area contributed by atoms with E-state index in [1.807, 2.05) is 6.92 Å². The van der Waals surface area contributed by atoms with E-state index in [9.17, 15) is 14.0 Å². The van der Waals surface area contributed by atoms with Crippen molar-refractivity contribution < 1.29 is 19.1 Å². The molecule has 0 aliphatic carbocycles. The van der Waals surface area contributed by atoms with Gasteiger partial charge in [-0.05, 0) is 30.7 Å². The number of carboxylic acids is 1.